The molecule has 2 atom stereocenters. The third-order valence-corrected chi connectivity index (χ3v) is 5.68. The van der Waals surface area contributed by atoms with Gasteiger partial charge in [-0.25, -0.2) is 0 Å². The van der Waals surface area contributed by atoms with Gasteiger partial charge in [0.05, 0.1) is 12.7 Å². The number of aliphatic hydroxyl groups excluding tert-OH is 1. The van der Waals surface area contributed by atoms with Gasteiger partial charge in [-0.1, -0.05) is 90.0 Å². The number of hydrogen-bond donors (Lipinski definition) is 1. The molecule has 0 spiro atoms. The van der Waals surface area contributed by atoms with Crippen LogP contribution in [0.5, 0.6) is 11.5 Å². The highest BCUT2D eigenvalue weighted by Crippen LogP contribution is 2.33. The Balaban J connectivity index is 1.99. The van der Waals surface area contributed by atoms with Crippen molar-refractivity contribution in [2.75, 3.05) is 13.2 Å². The Morgan fingerprint density at radius 3 is 1.93 bits per heavy atom. The van der Waals surface area contributed by atoms with Crippen LogP contribution in [0.3, 0.4) is 0 Å². The van der Waals surface area contributed by atoms with E-state index in [2.05, 4.69) is 32.9 Å². The van der Waals surface area contributed by atoms with Gasteiger partial charge < -0.3 is 14.6 Å². The molecule has 0 aromatic heterocycles. The third-order valence-electron chi connectivity index (χ3n) is 5.68. The van der Waals surface area contributed by atoms with Crippen molar-refractivity contribution in [1.29, 1.82) is 0 Å². The molecule has 0 aliphatic carbocycles. The van der Waals surface area contributed by atoms with E-state index in [9.17, 15) is 5.11 Å². The van der Waals surface area contributed by atoms with Crippen LogP contribution in [0.25, 0.3) is 10.8 Å². The first kappa shape index (κ1) is 23.5. The average Bonchev–Trinajstić information content (AvgIpc) is 2.76. The van der Waals surface area contributed by atoms with E-state index in [1.54, 1.807) is 0 Å². The van der Waals surface area contributed by atoms with Gasteiger partial charge >= 0.3 is 0 Å². The van der Waals surface area contributed by atoms with Gasteiger partial charge in [-0.15, -0.1) is 0 Å². The molecule has 0 heterocycles. The fourth-order valence-corrected chi connectivity index (χ4v) is 3.68. The molecule has 0 saturated heterocycles. The first-order chi connectivity index (χ1) is 14.2. The second-order valence-electron chi connectivity index (χ2n) is 8.15. The molecule has 0 fully saturated rings. The van der Waals surface area contributed by atoms with E-state index in [1.165, 1.54) is 38.5 Å². The standard InChI is InChI=1S/C26H40O3/c1-4-7-9-10-14-22(27)20-29-26-18-17-25(23-15-11-12-16-24(23)26)28-19-21(6-3)13-8-5-2/h11-12,15-18,21-22,27H,4-10,13-14,19-20H2,1-3H3. The minimum Gasteiger partial charge on any atom is -0.493 e. The van der Waals surface area contributed by atoms with E-state index in [1.807, 2.05) is 24.3 Å². The molecule has 1 N–H and O–H groups in total. The summed E-state index contributed by atoms with van der Waals surface area (Å²) in [6, 6.07) is 12.2. The van der Waals surface area contributed by atoms with Crippen LogP contribution in [0.2, 0.25) is 0 Å². The van der Waals surface area contributed by atoms with Crippen molar-refractivity contribution in [3.05, 3.63) is 36.4 Å². The van der Waals surface area contributed by atoms with Gasteiger partial charge in [-0.3, -0.25) is 0 Å². The van der Waals surface area contributed by atoms with Crippen molar-refractivity contribution in [2.24, 2.45) is 5.92 Å². The summed E-state index contributed by atoms with van der Waals surface area (Å²) >= 11 is 0. The SMILES string of the molecule is CCCCCCC(O)COc1ccc(OCC(CC)CCCC)c2ccccc12. The summed E-state index contributed by atoms with van der Waals surface area (Å²) < 4.78 is 12.2. The maximum atomic E-state index is 10.2. The van der Waals surface area contributed by atoms with Gasteiger partial charge in [0.25, 0.3) is 0 Å². The topological polar surface area (TPSA) is 38.7 Å². The van der Waals surface area contributed by atoms with Crippen molar-refractivity contribution < 1.29 is 14.6 Å². The number of ether oxygens (including phenoxy) is 2. The van der Waals surface area contributed by atoms with Crippen molar-refractivity contribution in [3.8, 4) is 11.5 Å². The fraction of sp³-hybridized carbons (Fsp3) is 0.615. The first-order valence-electron chi connectivity index (χ1n) is 11.6. The second-order valence-corrected chi connectivity index (χ2v) is 8.15. The van der Waals surface area contributed by atoms with Crippen molar-refractivity contribution in [3.63, 3.8) is 0 Å². The molecule has 162 valence electrons. The molecule has 2 aromatic rings. The van der Waals surface area contributed by atoms with Crippen LogP contribution >= 0.6 is 0 Å². The Labute approximate surface area is 177 Å². The van der Waals surface area contributed by atoms with Crippen molar-refractivity contribution >= 4 is 10.8 Å². The minimum atomic E-state index is -0.412. The number of aliphatic hydroxyl groups is 1. The molecule has 2 aromatic carbocycles. The predicted octanol–water partition coefficient (Wildman–Crippen LogP) is 7.15. The molecule has 2 rings (SSSR count). The van der Waals surface area contributed by atoms with Gasteiger partial charge in [0.15, 0.2) is 0 Å². The molecule has 0 saturated carbocycles. The Kier molecular flexibility index (Phi) is 10.9. The Morgan fingerprint density at radius 1 is 0.724 bits per heavy atom. The van der Waals surface area contributed by atoms with Crippen LogP contribution in [-0.4, -0.2) is 24.4 Å². The lowest BCUT2D eigenvalue weighted by molar-refractivity contribution is 0.0982. The number of rotatable bonds is 15. The molecule has 0 amide bonds. The van der Waals surface area contributed by atoms with Crippen LogP contribution in [-0.2, 0) is 0 Å². The maximum Gasteiger partial charge on any atom is 0.127 e. The van der Waals surface area contributed by atoms with E-state index in [4.69, 9.17) is 9.47 Å². The zero-order valence-electron chi connectivity index (χ0n) is 18.7. The maximum absolute atomic E-state index is 10.2. The summed E-state index contributed by atoms with van der Waals surface area (Å²) in [5.41, 5.74) is 0. The number of unbranched alkanes of at least 4 members (excludes halogenated alkanes) is 4. The largest absolute Gasteiger partial charge is 0.493 e. The minimum absolute atomic E-state index is 0.339. The molecule has 29 heavy (non-hydrogen) atoms. The predicted molar refractivity (Wildman–Crippen MR) is 123 cm³/mol. The lowest BCUT2D eigenvalue weighted by atomic mass is 10.0. The Bertz CT molecular complexity index is 697. The Morgan fingerprint density at radius 2 is 1.34 bits per heavy atom. The van der Waals surface area contributed by atoms with Crippen LogP contribution in [0.1, 0.15) is 78.6 Å². The summed E-state index contributed by atoms with van der Waals surface area (Å²) in [4.78, 5) is 0. The molecule has 0 bridgehead atoms. The van der Waals surface area contributed by atoms with E-state index in [0.29, 0.717) is 12.5 Å². The van der Waals surface area contributed by atoms with Crippen LogP contribution in [0.15, 0.2) is 36.4 Å². The molecule has 3 nitrogen and oxygen atoms in total. The van der Waals surface area contributed by atoms with Crippen LogP contribution < -0.4 is 9.47 Å². The number of hydrogen-bond acceptors (Lipinski definition) is 3. The zero-order chi connectivity index (χ0) is 20.9. The molecule has 2 unspecified atom stereocenters. The van der Waals surface area contributed by atoms with E-state index < -0.39 is 6.10 Å². The van der Waals surface area contributed by atoms with Gasteiger partial charge in [0.1, 0.15) is 18.1 Å². The van der Waals surface area contributed by atoms with Gasteiger partial charge in [0.2, 0.25) is 0 Å². The summed E-state index contributed by atoms with van der Waals surface area (Å²) in [6.45, 7) is 7.78. The molecule has 3 heteroatoms. The summed E-state index contributed by atoms with van der Waals surface area (Å²) in [6.07, 6.45) is 9.94. The molecular weight excluding hydrogens is 360 g/mol. The number of fused-ring (bicyclic) bond motifs is 1. The zero-order valence-corrected chi connectivity index (χ0v) is 18.7. The normalized spacial score (nSPS) is 13.4. The first-order valence-corrected chi connectivity index (χ1v) is 11.6. The highest BCUT2D eigenvalue weighted by Gasteiger charge is 2.12. The summed E-state index contributed by atoms with van der Waals surface area (Å²) in [5.74, 6) is 2.34. The molecule has 0 aliphatic rings. The molecule has 0 radical (unpaired) electrons. The smallest absolute Gasteiger partial charge is 0.127 e. The highest BCUT2D eigenvalue weighted by atomic mass is 16.5. The van der Waals surface area contributed by atoms with E-state index in [0.717, 1.165) is 48.1 Å². The summed E-state index contributed by atoms with van der Waals surface area (Å²) in [7, 11) is 0. The third kappa shape index (κ3) is 7.89. The molecule has 0 aliphatic heterocycles. The van der Waals surface area contributed by atoms with Crippen LogP contribution in [0.4, 0.5) is 0 Å². The fourth-order valence-electron chi connectivity index (χ4n) is 3.68. The average molecular weight is 401 g/mol. The lowest BCUT2D eigenvalue weighted by Crippen LogP contribution is -2.17. The second kappa shape index (κ2) is 13.5. The van der Waals surface area contributed by atoms with E-state index >= 15 is 0 Å². The van der Waals surface area contributed by atoms with Crippen molar-refractivity contribution in [2.45, 2.75) is 84.7 Å². The number of benzene rings is 2. The van der Waals surface area contributed by atoms with Crippen molar-refractivity contribution in [1.82, 2.24) is 0 Å². The molecular formula is C26H40O3. The quantitative estimate of drug-likeness (QED) is 0.323. The van der Waals surface area contributed by atoms with Gasteiger partial charge in [0, 0.05) is 10.8 Å². The van der Waals surface area contributed by atoms with Gasteiger partial charge in [-0.2, -0.15) is 0 Å². The van der Waals surface area contributed by atoms with E-state index in [-0.39, 0.29) is 0 Å². The van der Waals surface area contributed by atoms with Crippen LogP contribution in [0, 0.1) is 5.92 Å². The highest BCUT2D eigenvalue weighted by molar-refractivity contribution is 5.93. The monoisotopic (exact) mass is 400 g/mol. The summed E-state index contributed by atoms with van der Waals surface area (Å²) in [5, 5.41) is 12.4. The Hall–Kier alpha value is -1.74. The van der Waals surface area contributed by atoms with Gasteiger partial charge in [-0.05, 0) is 30.9 Å². The lowest BCUT2D eigenvalue weighted by Gasteiger charge is -2.18.